The number of carboxylic acid groups (broad SMARTS) is 2. The van der Waals surface area contributed by atoms with Gasteiger partial charge in [0.25, 0.3) is 11.8 Å². The van der Waals surface area contributed by atoms with Crippen LogP contribution in [0.2, 0.25) is 0 Å². The van der Waals surface area contributed by atoms with E-state index >= 15 is 0 Å². The number of amides is 2. The van der Waals surface area contributed by atoms with Crippen molar-refractivity contribution in [3.8, 4) is 0 Å². The molecule has 1 unspecified atom stereocenters. The molecule has 1 saturated heterocycles. The molecule has 1 atom stereocenters. The molecule has 0 aromatic heterocycles. The molecule has 1 fully saturated rings. The van der Waals surface area contributed by atoms with Gasteiger partial charge in [-0.3, -0.25) is 15.0 Å². The molecule has 4 N–H and O–H groups in total. The monoisotopic (exact) mass is 352 g/mol. The van der Waals surface area contributed by atoms with E-state index in [1.54, 1.807) is 12.1 Å². The second-order valence-electron chi connectivity index (χ2n) is 5.26. The van der Waals surface area contributed by atoms with Gasteiger partial charge in [-0.2, -0.15) is 0 Å². The van der Waals surface area contributed by atoms with E-state index in [-0.39, 0.29) is 11.8 Å². The SMILES string of the molecule is CCCCC1C(=O)NN(c2ccccc2)C1=O.O=C(O)C(O)C(=O)O. The minimum atomic E-state index is -2.30. The molecule has 25 heavy (non-hydrogen) atoms. The molecule has 0 saturated carbocycles. The van der Waals surface area contributed by atoms with Gasteiger partial charge in [-0.05, 0) is 18.6 Å². The summed E-state index contributed by atoms with van der Waals surface area (Å²) in [5, 5.41) is 24.8. The van der Waals surface area contributed by atoms with Crippen molar-refractivity contribution in [2.75, 3.05) is 5.01 Å². The van der Waals surface area contributed by atoms with E-state index in [1.807, 2.05) is 25.1 Å². The van der Waals surface area contributed by atoms with Gasteiger partial charge in [0.2, 0.25) is 6.10 Å². The van der Waals surface area contributed by atoms with E-state index in [0.29, 0.717) is 12.1 Å². The van der Waals surface area contributed by atoms with Crippen LogP contribution in [0.25, 0.3) is 0 Å². The number of hydrazine groups is 1. The van der Waals surface area contributed by atoms with Gasteiger partial charge in [-0.15, -0.1) is 0 Å². The number of hydrogen-bond acceptors (Lipinski definition) is 5. The zero-order valence-corrected chi connectivity index (χ0v) is 13.6. The number of carboxylic acids is 2. The third kappa shape index (κ3) is 5.57. The summed E-state index contributed by atoms with van der Waals surface area (Å²) in [6, 6.07) is 9.17. The summed E-state index contributed by atoms with van der Waals surface area (Å²) >= 11 is 0. The fourth-order valence-corrected chi connectivity index (χ4v) is 2.05. The molecule has 0 radical (unpaired) electrons. The number of anilines is 1. The summed E-state index contributed by atoms with van der Waals surface area (Å²) in [4.78, 5) is 42.8. The molecule has 1 aromatic rings. The standard InChI is InChI=1S/C13H16N2O2.C3H4O5/c1-2-3-9-11-12(16)14-15(13(11)17)10-7-5-4-6-8-10;4-1(2(5)6)3(7)8/h4-8,11H,2-3,9H2,1H3,(H,14,16);1,4H,(H,5,6)(H,7,8). The van der Waals surface area contributed by atoms with E-state index in [1.165, 1.54) is 5.01 Å². The van der Waals surface area contributed by atoms with Gasteiger partial charge >= 0.3 is 11.9 Å². The quantitative estimate of drug-likeness (QED) is 0.542. The van der Waals surface area contributed by atoms with Crippen LogP contribution in [-0.2, 0) is 19.2 Å². The molecule has 1 aliphatic heterocycles. The minimum Gasteiger partial charge on any atom is -0.479 e. The molecule has 0 aliphatic carbocycles. The number of hydrogen-bond donors (Lipinski definition) is 4. The van der Waals surface area contributed by atoms with Crippen molar-refractivity contribution in [3.05, 3.63) is 30.3 Å². The third-order valence-corrected chi connectivity index (χ3v) is 3.39. The Morgan fingerprint density at radius 1 is 1.16 bits per heavy atom. The van der Waals surface area contributed by atoms with Gasteiger partial charge in [0, 0.05) is 0 Å². The lowest BCUT2D eigenvalue weighted by molar-refractivity contribution is -0.161. The second kappa shape index (κ2) is 9.38. The molecular weight excluding hydrogens is 332 g/mol. The van der Waals surface area contributed by atoms with Gasteiger partial charge in [0.1, 0.15) is 5.92 Å². The van der Waals surface area contributed by atoms with Crippen LogP contribution in [0.3, 0.4) is 0 Å². The average Bonchev–Trinajstić information content (AvgIpc) is 2.87. The third-order valence-electron chi connectivity index (χ3n) is 3.39. The molecule has 1 heterocycles. The van der Waals surface area contributed by atoms with Crippen LogP contribution in [0, 0.1) is 5.92 Å². The maximum Gasteiger partial charge on any atom is 0.344 e. The van der Waals surface area contributed by atoms with Crippen LogP contribution < -0.4 is 10.4 Å². The number of carbonyl (C=O) groups is 4. The van der Waals surface area contributed by atoms with Crippen LogP contribution in [0.1, 0.15) is 26.2 Å². The van der Waals surface area contributed by atoms with E-state index in [0.717, 1.165) is 12.8 Å². The van der Waals surface area contributed by atoms with Gasteiger partial charge < -0.3 is 15.3 Å². The highest BCUT2D eigenvalue weighted by Crippen LogP contribution is 2.22. The number of para-hydroxylation sites is 1. The lowest BCUT2D eigenvalue weighted by atomic mass is 10.0. The normalized spacial score (nSPS) is 16.3. The minimum absolute atomic E-state index is 0.144. The van der Waals surface area contributed by atoms with Crippen LogP contribution in [0.5, 0.6) is 0 Å². The molecule has 2 amide bonds. The predicted octanol–water partition coefficient (Wildman–Crippen LogP) is 0.387. The van der Waals surface area contributed by atoms with Crippen LogP contribution in [0.15, 0.2) is 30.3 Å². The van der Waals surface area contributed by atoms with Crippen molar-refractivity contribution < 1.29 is 34.5 Å². The molecule has 2 rings (SSSR count). The fourth-order valence-electron chi connectivity index (χ4n) is 2.05. The molecule has 9 heteroatoms. The van der Waals surface area contributed by atoms with Gasteiger partial charge in [-0.25, -0.2) is 14.6 Å². The first kappa shape index (κ1) is 20.1. The molecule has 136 valence electrons. The molecular formula is C16H20N2O7. The lowest BCUT2D eigenvalue weighted by Gasteiger charge is -2.14. The van der Waals surface area contributed by atoms with Crippen molar-refractivity contribution >= 4 is 29.4 Å². The zero-order valence-electron chi connectivity index (χ0n) is 13.6. The molecule has 1 aliphatic rings. The van der Waals surface area contributed by atoms with E-state index in [9.17, 15) is 19.2 Å². The Labute approximate surface area is 143 Å². The van der Waals surface area contributed by atoms with Gasteiger partial charge in [0.05, 0.1) is 5.69 Å². The summed E-state index contributed by atoms with van der Waals surface area (Å²) in [5.74, 6) is -4.35. The first-order chi connectivity index (χ1) is 11.8. The lowest BCUT2D eigenvalue weighted by Crippen LogP contribution is -2.35. The average molecular weight is 352 g/mol. The number of aliphatic hydroxyl groups excluding tert-OH is 1. The summed E-state index contributed by atoms with van der Waals surface area (Å²) in [5.41, 5.74) is 3.34. The Balaban J connectivity index is 0.000000333. The molecule has 0 spiro atoms. The maximum absolute atomic E-state index is 12.1. The summed E-state index contributed by atoms with van der Waals surface area (Å²) in [6.45, 7) is 2.05. The van der Waals surface area contributed by atoms with Gasteiger partial charge in [-0.1, -0.05) is 38.0 Å². The first-order valence-electron chi connectivity index (χ1n) is 7.62. The van der Waals surface area contributed by atoms with Crippen molar-refractivity contribution in [2.24, 2.45) is 5.92 Å². The van der Waals surface area contributed by atoms with Gasteiger partial charge in [0.15, 0.2) is 0 Å². The zero-order chi connectivity index (χ0) is 19.0. The Kier molecular flexibility index (Phi) is 7.54. The number of rotatable bonds is 6. The largest absolute Gasteiger partial charge is 0.479 e. The highest BCUT2D eigenvalue weighted by atomic mass is 16.4. The number of aliphatic hydroxyl groups is 1. The Morgan fingerprint density at radius 3 is 2.16 bits per heavy atom. The number of nitrogens with one attached hydrogen (secondary N) is 1. The van der Waals surface area contributed by atoms with Crippen LogP contribution in [0.4, 0.5) is 5.69 Å². The van der Waals surface area contributed by atoms with E-state index < -0.39 is 24.0 Å². The first-order valence-corrected chi connectivity index (χ1v) is 7.62. The van der Waals surface area contributed by atoms with Crippen molar-refractivity contribution in [1.82, 2.24) is 5.43 Å². The second-order valence-corrected chi connectivity index (χ2v) is 5.26. The predicted molar refractivity (Wildman–Crippen MR) is 86.4 cm³/mol. The molecule has 9 nitrogen and oxygen atoms in total. The van der Waals surface area contributed by atoms with Crippen molar-refractivity contribution in [2.45, 2.75) is 32.3 Å². The van der Waals surface area contributed by atoms with Crippen LogP contribution >= 0.6 is 0 Å². The Hall–Kier alpha value is -2.94. The topological polar surface area (TPSA) is 144 Å². The molecule has 0 bridgehead atoms. The fraction of sp³-hybridized carbons (Fsp3) is 0.375. The summed E-state index contributed by atoms with van der Waals surface area (Å²) in [7, 11) is 0. The summed E-state index contributed by atoms with van der Waals surface area (Å²) in [6.07, 6.45) is 0.217. The number of benzene rings is 1. The van der Waals surface area contributed by atoms with E-state index in [2.05, 4.69) is 5.43 Å². The highest BCUT2D eigenvalue weighted by Gasteiger charge is 2.39. The van der Waals surface area contributed by atoms with Crippen molar-refractivity contribution in [3.63, 3.8) is 0 Å². The Bertz CT molecular complexity index is 619. The summed E-state index contributed by atoms with van der Waals surface area (Å²) < 4.78 is 0. The maximum atomic E-state index is 12.1. The number of unbranched alkanes of at least 4 members (excludes halogenated alkanes) is 1. The number of carbonyl (C=O) groups excluding carboxylic acids is 2. The van der Waals surface area contributed by atoms with Crippen LogP contribution in [-0.4, -0.2) is 45.2 Å². The van der Waals surface area contributed by atoms with E-state index in [4.69, 9.17) is 15.3 Å². The number of nitrogens with zero attached hydrogens (tertiary/aromatic N) is 1. The number of aliphatic carboxylic acids is 2. The smallest absolute Gasteiger partial charge is 0.344 e. The van der Waals surface area contributed by atoms with Crippen molar-refractivity contribution in [1.29, 1.82) is 0 Å². The highest BCUT2D eigenvalue weighted by molar-refractivity contribution is 6.14. The Morgan fingerprint density at radius 2 is 1.72 bits per heavy atom. The molecule has 1 aromatic carbocycles.